The summed E-state index contributed by atoms with van der Waals surface area (Å²) < 4.78 is 5.78. The van der Waals surface area contributed by atoms with Crippen molar-refractivity contribution in [2.45, 2.75) is 13.0 Å². The fourth-order valence-corrected chi connectivity index (χ4v) is 2.51. The summed E-state index contributed by atoms with van der Waals surface area (Å²) >= 11 is 0. The lowest BCUT2D eigenvalue weighted by molar-refractivity contribution is -0.0247. The number of carbonyl (C=O) groups is 1. The van der Waals surface area contributed by atoms with Crippen molar-refractivity contribution in [1.82, 2.24) is 24.8 Å². The van der Waals surface area contributed by atoms with E-state index >= 15 is 0 Å². The van der Waals surface area contributed by atoms with Gasteiger partial charge in [-0.2, -0.15) is 0 Å². The summed E-state index contributed by atoms with van der Waals surface area (Å²) in [5.74, 6) is 1.11. The van der Waals surface area contributed by atoms with Gasteiger partial charge in [0.15, 0.2) is 0 Å². The summed E-state index contributed by atoms with van der Waals surface area (Å²) in [6.07, 6.45) is 4.51. The Morgan fingerprint density at radius 2 is 2.13 bits per heavy atom. The van der Waals surface area contributed by atoms with E-state index in [9.17, 15) is 4.79 Å². The Hall–Kier alpha value is -2.61. The van der Waals surface area contributed by atoms with Gasteiger partial charge in [0, 0.05) is 32.2 Å². The van der Waals surface area contributed by atoms with Crippen LogP contribution >= 0.6 is 0 Å². The van der Waals surface area contributed by atoms with Crippen molar-refractivity contribution in [3.63, 3.8) is 0 Å². The van der Waals surface area contributed by atoms with Gasteiger partial charge in [-0.3, -0.25) is 9.78 Å². The maximum atomic E-state index is 12.6. The van der Waals surface area contributed by atoms with Crippen LogP contribution < -0.4 is 5.32 Å². The number of aromatic nitrogens is 4. The Morgan fingerprint density at radius 1 is 1.30 bits per heavy atom. The van der Waals surface area contributed by atoms with Crippen LogP contribution in [0, 0.1) is 6.92 Å². The number of nitrogens with one attached hydrogen (secondary N) is 1. The largest absolute Gasteiger partial charge is 0.372 e. The number of rotatable bonds is 3. The first-order chi connectivity index (χ1) is 11.2. The number of ether oxygens (including phenoxy) is 1. The average molecular weight is 314 g/mol. The van der Waals surface area contributed by atoms with Crippen LogP contribution in [0.3, 0.4) is 0 Å². The molecule has 8 nitrogen and oxygen atoms in total. The van der Waals surface area contributed by atoms with Gasteiger partial charge in [0.1, 0.15) is 29.1 Å². The fraction of sp³-hybridized carbons (Fsp3) is 0.400. The van der Waals surface area contributed by atoms with E-state index in [1.165, 1.54) is 0 Å². The standard InChI is InChI=1S/C15H18N6O2/c1-10-17-4-3-11(20-10)15(22)21-7-8-23-12(9-21)13-14(16-2)19-6-5-18-13/h3-6,12H,7-9H2,1-2H3,(H,16,19)/t12-/m0/s1. The molecule has 1 amide bonds. The number of aryl methyl sites for hydroxylation is 1. The van der Waals surface area contributed by atoms with E-state index in [0.717, 1.165) is 0 Å². The molecular formula is C15H18N6O2. The number of hydrogen-bond donors (Lipinski definition) is 1. The zero-order valence-electron chi connectivity index (χ0n) is 13.1. The molecule has 0 aromatic carbocycles. The molecule has 1 aliphatic heterocycles. The van der Waals surface area contributed by atoms with Crippen LogP contribution in [0.5, 0.6) is 0 Å². The van der Waals surface area contributed by atoms with Crippen LogP contribution in [0.1, 0.15) is 28.1 Å². The van der Waals surface area contributed by atoms with Crippen LogP contribution in [0.2, 0.25) is 0 Å². The third-order valence-electron chi connectivity index (χ3n) is 3.62. The SMILES string of the molecule is CNc1nccnc1[C@@H]1CN(C(=O)c2ccnc(C)n2)CCO1. The van der Waals surface area contributed by atoms with Gasteiger partial charge in [0.05, 0.1) is 13.2 Å². The monoisotopic (exact) mass is 314 g/mol. The molecule has 2 aromatic rings. The Labute approximate surface area is 134 Å². The van der Waals surface area contributed by atoms with E-state index in [2.05, 4.69) is 25.3 Å². The normalized spacial score (nSPS) is 17.8. The average Bonchev–Trinajstić information content (AvgIpc) is 2.61. The van der Waals surface area contributed by atoms with Gasteiger partial charge < -0.3 is 15.0 Å². The molecule has 0 spiro atoms. The van der Waals surface area contributed by atoms with Gasteiger partial charge in [-0.05, 0) is 13.0 Å². The van der Waals surface area contributed by atoms with Gasteiger partial charge in [0.2, 0.25) is 0 Å². The quantitative estimate of drug-likeness (QED) is 0.897. The predicted octanol–water partition coefficient (Wildman–Crippen LogP) is 0.830. The summed E-state index contributed by atoms with van der Waals surface area (Å²) in [5.41, 5.74) is 1.09. The number of amides is 1. The lowest BCUT2D eigenvalue weighted by Gasteiger charge is -2.32. The van der Waals surface area contributed by atoms with Crippen LogP contribution in [0.25, 0.3) is 0 Å². The highest BCUT2D eigenvalue weighted by Crippen LogP contribution is 2.25. The van der Waals surface area contributed by atoms with E-state index < -0.39 is 0 Å². The van der Waals surface area contributed by atoms with Crippen molar-refractivity contribution in [2.75, 3.05) is 32.1 Å². The molecule has 1 N–H and O–H groups in total. The summed E-state index contributed by atoms with van der Waals surface area (Å²) in [4.78, 5) is 31.1. The van der Waals surface area contributed by atoms with Crippen LogP contribution in [0.4, 0.5) is 5.82 Å². The zero-order chi connectivity index (χ0) is 16.2. The summed E-state index contributed by atoms with van der Waals surface area (Å²) in [6, 6.07) is 1.63. The first-order valence-corrected chi connectivity index (χ1v) is 7.38. The topological polar surface area (TPSA) is 93.1 Å². The summed E-state index contributed by atoms with van der Waals surface area (Å²) in [5, 5.41) is 3.00. The first kappa shape index (κ1) is 15.3. The third-order valence-corrected chi connectivity index (χ3v) is 3.62. The Bertz CT molecular complexity index is 708. The fourth-order valence-electron chi connectivity index (χ4n) is 2.51. The van der Waals surface area contributed by atoms with Crippen molar-refractivity contribution in [2.24, 2.45) is 0 Å². The highest BCUT2D eigenvalue weighted by molar-refractivity contribution is 5.92. The van der Waals surface area contributed by atoms with Crippen LogP contribution in [0.15, 0.2) is 24.7 Å². The number of hydrogen-bond acceptors (Lipinski definition) is 7. The molecule has 0 bridgehead atoms. The second kappa shape index (κ2) is 6.66. The van der Waals surface area contributed by atoms with E-state index in [4.69, 9.17) is 4.74 Å². The highest BCUT2D eigenvalue weighted by atomic mass is 16.5. The minimum atomic E-state index is -0.313. The van der Waals surface area contributed by atoms with Crippen molar-refractivity contribution in [3.05, 3.63) is 41.9 Å². The maximum absolute atomic E-state index is 12.6. The Balaban J connectivity index is 1.79. The van der Waals surface area contributed by atoms with Gasteiger partial charge in [-0.25, -0.2) is 15.0 Å². The van der Waals surface area contributed by atoms with Crippen LogP contribution in [-0.4, -0.2) is 57.5 Å². The smallest absolute Gasteiger partial charge is 0.272 e. The molecule has 0 saturated carbocycles. The predicted molar refractivity (Wildman–Crippen MR) is 82.9 cm³/mol. The van der Waals surface area contributed by atoms with Crippen molar-refractivity contribution >= 4 is 11.7 Å². The van der Waals surface area contributed by atoms with Gasteiger partial charge >= 0.3 is 0 Å². The van der Waals surface area contributed by atoms with E-state index in [-0.39, 0.29) is 12.0 Å². The Morgan fingerprint density at radius 3 is 2.91 bits per heavy atom. The minimum absolute atomic E-state index is 0.126. The molecule has 120 valence electrons. The highest BCUT2D eigenvalue weighted by Gasteiger charge is 2.29. The number of nitrogens with zero attached hydrogens (tertiary/aromatic N) is 5. The lowest BCUT2D eigenvalue weighted by Crippen LogP contribution is -2.43. The number of carbonyl (C=O) groups excluding carboxylic acids is 1. The molecule has 3 heterocycles. The number of anilines is 1. The molecule has 1 saturated heterocycles. The van der Waals surface area contributed by atoms with E-state index in [0.29, 0.717) is 42.7 Å². The molecule has 1 fully saturated rings. The zero-order valence-corrected chi connectivity index (χ0v) is 13.1. The lowest BCUT2D eigenvalue weighted by atomic mass is 10.2. The first-order valence-electron chi connectivity index (χ1n) is 7.38. The maximum Gasteiger partial charge on any atom is 0.272 e. The third kappa shape index (κ3) is 3.26. The molecule has 0 aliphatic carbocycles. The Kier molecular flexibility index (Phi) is 4.42. The molecule has 1 aliphatic rings. The molecule has 8 heteroatoms. The summed E-state index contributed by atoms with van der Waals surface area (Å²) in [6.45, 7) is 3.14. The number of morpholine rings is 1. The second-order valence-corrected chi connectivity index (χ2v) is 5.14. The molecule has 23 heavy (non-hydrogen) atoms. The van der Waals surface area contributed by atoms with Gasteiger partial charge in [-0.15, -0.1) is 0 Å². The second-order valence-electron chi connectivity index (χ2n) is 5.14. The molecule has 0 radical (unpaired) electrons. The van der Waals surface area contributed by atoms with E-state index in [1.54, 1.807) is 43.5 Å². The van der Waals surface area contributed by atoms with E-state index in [1.807, 2.05) is 0 Å². The van der Waals surface area contributed by atoms with Crippen molar-refractivity contribution in [1.29, 1.82) is 0 Å². The molecular weight excluding hydrogens is 296 g/mol. The molecule has 0 unspecified atom stereocenters. The van der Waals surface area contributed by atoms with Crippen molar-refractivity contribution < 1.29 is 9.53 Å². The molecule has 1 atom stereocenters. The van der Waals surface area contributed by atoms with Crippen molar-refractivity contribution in [3.8, 4) is 0 Å². The molecule has 3 rings (SSSR count). The summed E-state index contributed by atoms with van der Waals surface area (Å²) in [7, 11) is 1.78. The van der Waals surface area contributed by atoms with Gasteiger partial charge in [-0.1, -0.05) is 0 Å². The molecule has 2 aromatic heterocycles. The van der Waals surface area contributed by atoms with Gasteiger partial charge in [0.25, 0.3) is 5.91 Å². The van der Waals surface area contributed by atoms with Crippen LogP contribution in [-0.2, 0) is 4.74 Å². The minimum Gasteiger partial charge on any atom is -0.372 e.